The lowest BCUT2D eigenvalue weighted by Crippen LogP contribution is -3.19. The number of quaternary nitrogens is 1. The summed E-state index contributed by atoms with van der Waals surface area (Å²) in [5.41, 5.74) is 1.64. The molecule has 0 spiro atoms. The van der Waals surface area contributed by atoms with Crippen LogP contribution in [-0.2, 0) is 16.1 Å². The molecule has 6 heteroatoms. The van der Waals surface area contributed by atoms with Crippen molar-refractivity contribution < 1.29 is 19.3 Å². The number of amides is 3. The molecule has 2 aliphatic heterocycles. The van der Waals surface area contributed by atoms with E-state index in [0.717, 1.165) is 10.5 Å². The van der Waals surface area contributed by atoms with Gasteiger partial charge in [0.2, 0.25) is 5.91 Å². The normalized spacial score (nSPS) is 20.6. The summed E-state index contributed by atoms with van der Waals surface area (Å²) in [6.45, 7) is 2.89. The Morgan fingerprint density at radius 1 is 0.929 bits per heavy atom. The minimum absolute atomic E-state index is 0.0270. The molecule has 144 valence electrons. The minimum atomic E-state index is -0.329. The van der Waals surface area contributed by atoms with Crippen LogP contribution in [0, 0.1) is 0 Å². The van der Waals surface area contributed by atoms with Gasteiger partial charge in [0.1, 0.15) is 0 Å². The predicted molar refractivity (Wildman–Crippen MR) is 103 cm³/mol. The van der Waals surface area contributed by atoms with Crippen LogP contribution in [-0.4, -0.2) is 59.7 Å². The van der Waals surface area contributed by atoms with Crippen LogP contribution in [0.25, 0.3) is 0 Å². The molecule has 2 fully saturated rings. The molecule has 28 heavy (non-hydrogen) atoms. The molecule has 2 aromatic carbocycles. The van der Waals surface area contributed by atoms with Gasteiger partial charge in [-0.25, -0.2) is 0 Å². The van der Waals surface area contributed by atoms with Gasteiger partial charge >= 0.3 is 0 Å². The number of carbonyl (C=O) groups excluding carboxylic acids is 3. The third-order valence-electron chi connectivity index (χ3n) is 5.63. The Hall–Kier alpha value is -2.99. The zero-order valence-corrected chi connectivity index (χ0v) is 15.7. The lowest BCUT2D eigenvalue weighted by Gasteiger charge is -2.34. The van der Waals surface area contributed by atoms with Gasteiger partial charge in [0, 0.05) is 5.56 Å². The van der Waals surface area contributed by atoms with Gasteiger partial charge in [-0.15, -0.1) is 0 Å². The van der Waals surface area contributed by atoms with Crippen molar-refractivity contribution >= 4 is 17.7 Å². The number of benzene rings is 2. The van der Waals surface area contributed by atoms with Crippen LogP contribution in [0.1, 0.15) is 22.3 Å². The number of nitrogens with zero attached hydrogens (tertiary/aromatic N) is 2. The average Bonchev–Trinajstić information content (AvgIpc) is 3.03. The molecule has 2 aliphatic rings. The van der Waals surface area contributed by atoms with E-state index in [9.17, 15) is 14.4 Å². The maximum atomic E-state index is 12.9. The molecule has 0 saturated carbocycles. The van der Waals surface area contributed by atoms with Crippen molar-refractivity contribution in [3.8, 4) is 0 Å². The van der Waals surface area contributed by atoms with Gasteiger partial charge in [0.05, 0.1) is 39.1 Å². The van der Waals surface area contributed by atoms with Crippen molar-refractivity contribution in [1.29, 1.82) is 0 Å². The number of likely N-dealkylation sites (tertiary alicyclic amines) is 1. The molecule has 2 aromatic rings. The van der Waals surface area contributed by atoms with Crippen molar-refractivity contribution in [2.45, 2.75) is 19.0 Å². The molecule has 1 N–H and O–H groups in total. The molecule has 6 nitrogen and oxygen atoms in total. The Bertz CT molecular complexity index is 861. The summed E-state index contributed by atoms with van der Waals surface area (Å²) < 4.78 is 0. The fraction of sp³-hybridized carbons (Fsp3) is 0.318. The van der Waals surface area contributed by atoms with E-state index in [1.807, 2.05) is 65.6 Å². The van der Waals surface area contributed by atoms with E-state index in [1.165, 1.54) is 4.90 Å². The molecule has 1 atom stereocenters. The molecular weight excluding hydrogens is 354 g/mol. The first-order valence-corrected chi connectivity index (χ1v) is 9.70. The first-order valence-electron chi connectivity index (χ1n) is 9.70. The maximum absolute atomic E-state index is 12.9. The second-order valence-electron chi connectivity index (χ2n) is 7.38. The highest BCUT2D eigenvalue weighted by molar-refractivity contribution is 6.04. The van der Waals surface area contributed by atoms with Crippen LogP contribution in [0.5, 0.6) is 0 Å². The van der Waals surface area contributed by atoms with Crippen molar-refractivity contribution in [3.63, 3.8) is 0 Å². The van der Waals surface area contributed by atoms with Gasteiger partial charge in [-0.2, -0.15) is 0 Å². The van der Waals surface area contributed by atoms with E-state index in [4.69, 9.17) is 0 Å². The summed E-state index contributed by atoms with van der Waals surface area (Å²) in [6, 6.07) is 18.5. The fourth-order valence-electron chi connectivity index (χ4n) is 4.04. The van der Waals surface area contributed by atoms with E-state index in [0.29, 0.717) is 38.3 Å². The maximum Gasteiger partial charge on any atom is 0.288 e. The zero-order chi connectivity index (χ0) is 19.5. The number of carbonyl (C=O) groups is 3. The lowest BCUT2D eigenvalue weighted by molar-refractivity contribution is -0.918. The molecule has 4 rings (SSSR count). The molecule has 0 radical (unpaired) electrons. The van der Waals surface area contributed by atoms with Gasteiger partial charge in [0.25, 0.3) is 11.8 Å². The molecule has 0 bridgehead atoms. The zero-order valence-electron chi connectivity index (χ0n) is 15.7. The summed E-state index contributed by atoms with van der Waals surface area (Å²) in [7, 11) is 0. The second-order valence-corrected chi connectivity index (χ2v) is 7.38. The summed E-state index contributed by atoms with van der Waals surface area (Å²) in [5.74, 6) is -0.167. The number of nitrogens with one attached hydrogen (secondary N) is 1. The van der Waals surface area contributed by atoms with Gasteiger partial charge in [0.15, 0.2) is 6.04 Å². The summed E-state index contributed by atoms with van der Waals surface area (Å²) >= 11 is 0. The van der Waals surface area contributed by atoms with E-state index in [2.05, 4.69) is 0 Å². The van der Waals surface area contributed by atoms with Crippen molar-refractivity contribution in [2.75, 3.05) is 26.2 Å². The van der Waals surface area contributed by atoms with E-state index in [1.54, 1.807) is 0 Å². The van der Waals surface area contributed by atoms with Crippen LogP contribution in [0.15, 0.2) is 60.7 Å². The van der Waals surface area contributed by atoms with Crippen LogP contribution >= 0.6 is 0 Å². The summed E-state index contributed by atoms with van der Waals surface area (Å²) in [5, 5.41) is 0. The Morgan fingerprint density at radius 3 is 2.18 bits per heavy atom. The number of hydrogen-bond acceptors (Lipinski definition) is 3. The van der Waals surface area contributed by atoms with Gasteiger partial charge in [-0.3, -0.25) is 19.3 Å². The van der Waals surface area contributed by atoms with Crippen molar-refractivity contribution in [3.05, 3.63) is 71.8 Å². The number of hydrogen-bond donors (Lipinski definition) is 1. The van der Waals surface area contributed by atoms with Gasteiger partial charge < -0.3 is 9.80 Å². The minimum Gasteiger partial charge on any atom is -0.327 e. The SMILES string of the molecule is O=C(c1ccccc1)N1CC[NH+]([C@H]2CC(=O)N(Cc3ccccc3)C2=O)CC1. The predicted octanol–water partition coefficient (Wildman–Crippen LogP) is 0.355. The summed E-state index contributed by atoms with van der Waals surface area (Å²) in [6.07, 6.45) is 0.258. The van der Waals surface area contributed by atoms with Gasteiger partial charge in [-0.1, -0.05) is 48.5 Å². The van der Waals surface area contributed by atoms with E-state index in [-0.39, 0.29) is 30.2 Å². The topological polar surface area (TPSA) is 62.1 Å². The van der Waals surface area contributed by atoms with Crippen molar-refractivity contribution in [1.82, 2.24) is 9.80 Å². The Balaban J connectivity index is 1.36. The molecule has 3 amide bonds. The highest BCUT2D eigenvalue weighted by Gasteiger charge is 2.45. The lowest BCUT2D eigenvalue weighted by atomic mass is 10.1. The van der Waals surface area contributed by atoms with E-state index >= 15 is 0 Å². The van der Waals surface area contributed by atoms with E-state index < -0.39 is 0 Å². The van der Waals surface area contributed by atoms with Crippen LogP contribution in [0.4, 0.5) is 0 Å². The molecule has 0 aliphatic carbocycles. The first kappa shape index (κ1) is 18.4. The van der Waals surface area contributed by atoms with Crippen molar-refractivity contribution in [2.24, 2.45) is 0 Å². The van der Waals surface area contributed by atoms with Crippen LogP contribution in [0.3, 0.4) is 0 Å². The third-order valence-corrected chi connectivity index (χ3v) is 5.63. The number of imide groups is 1. The average molecular weight is 378 g/mol. The smallest absolute Gasteiger partial charge is 0.288 e. The molecule has 0 unspecified atom stereocenters. The first-order chi connectivity index (χ1) is 13.6. The highest BCUT2D eigenvalue weighted by atomic mass is 16.2. The molecule has 0 aromatic heterocycles. The molecular formula is C22H24N3O3+. The quantitative estimate of drug-likeness (QED) is 0.782. The summed E-state index contributed by atoms with van der Waals surface area (Å²) in [4.78, 5) is 42.2. The standard InChI is InChI=1S/C22H23N3O3/c26-20-15-19(22(28)25(20)16-17-7-3-1-4-8-17)23-11-13-24(14-12-23)21(27)18-9-5-2-6-10-18/h1-10,19H,11-16H2/p+1/t19-/m0/s1. The Labute approximate surface area is 164 Å². The largest absolute Gasteiger partial charge is 0.327 e. The van der Waals surface area contributed by atoms with Crippen LogP contribution in [0.2, 0.25) is 0 Å². The Morgan fingerprint density at radius 2 is 1.54 bits per heavy atom. The highest BCUT2D eigenvalue weighted by Crippen LogP contribution is 2.16. The molecule has 2 saturated heterocycles. The fourth-order valence-corrected chi connectivity index (χ4v) is 4.04. The number of piperazine rings is 1. The number of rotatable bonds is 4. The monoisotopic (exact) mass is 378 g/mol. The second kappa shape index (κ2) is 7.94. The van der Waals surface area contributed by atoms with Gasteiger partial charge in [-0.05, 0) is 17.7 Å². The molecule has 2 heterocycles. The van der Waals surface area contributed by atoms with Crippen LogP contribution < -0.4 is 4.90 Å². The third kappa shape index (κ3) is 3.68. The Kier molecular flexibility index (Phi) is 5.21.